The van der Waals surface area contributed by atoms with E-state index >= 15 is 0 Å². The van der Waals surface area contributed by atoms with Gasteiger partial charge in [-0.15, -0.1) is 0 Å². The average Bonchev–Trinajstić information content (AvgIpc) is 2.95. The van der Waals surface area contributed by atoms with Crippen molar-refractivity contribution < 1.29 is 4.42 Å². The van der Waals surface area contributed by atoms with Gasteiger partial charge in [-0.05, 0) is 39.3 Å². The number of nitrogens with zero attached hydrogens (tertiary/aromatic N) is 3. The molecule has 1 aromatic carbocycles. The van der Waals surface area contributed by atoms with Gasteiger partial charge in [-0.25, -0.2) is 4.98 Å². The van der Waals surface area contributed by atoms with E-state index in [1.54, 1.807) is 0 Å². The van der Waals surface area contributed by atoms with Crippen LogP contribution in [-0.4, -0.2) is 42.1 Å². The normalized spacial score (nSPS) is 12.0. The van der Waals surface area contributed by atoms with E-state index in [2.05, 4.69) is 21.3 Å². The lowest BCUT2D eigenvalue weighted by atomic mass is 10.2. The summed E-state index contributed by atoms with van der Waals surface area (Å²) in [5, 5.41) is 4.22. The summed E-state index contributed by atoms with van der Waals surface area (Å²) in [6, 6.07) is 6.02. The molecule has 3 rings (SSSR count). The highest BCUT2D eigenvalue weighted by Crippen LogP contribution is 2.30. The van der Waals surface area contributed by atoms with Crippen LogP contribution < -0.4 is 11.1 Å². The SMILES string of the molecule is CNCCn1c(N)nc2ccc3oc(CN(C)C)cc3c21. The van der Waals surface area contributed by atoms with Crippen molar-refractivity contribution in [2.75, 3.05) is 33.4 Å². The van der Waals surface area contributed by atoms with Crippen LogP contribution in [0.3, 0.4) is 0 Å². The first-order valence-electron chi connectivity index (χ1n) is 7.06. The number of anilines is 1. The molecule has 0 radical (unpaired) electrons. The topological polar surface area (TPSA) is 72.2 Å². The van der Waals surface area contributed by atoms with Crippen molar-refractivity contribution in [2.45, 2.75) is 13.1 Å². The Kier molecular flexibility index (Phi) is 3.57. The van der Waals surface area contributed by atoms with E-state index in [9.17, 15) is 0 Å². The molecule has 0 saturated heterocycles. The average molecular weight is 287 g/mol. The standard InChI is InChI=1S/C15H21N5O/c1-17-6-7-20-14-11-8-10(9-19(2)3)21-13(11)5-4-12(14)18-15(20)16/h4-5,8,17H,6-7,9H2,1-3H3,(H2,16,18). The molecule has 0 amide bonds. The van der Waals surface area contributed by atoms with E-state index < -0.39 is 0 Å². The first-order chi connectivity index (χ1) is 10.1. The fourth-order valence-corrected chi connectivity index (χ4v) is 2.65. The summed E-state index contributed by atoms with van der Waals surface area (Å²) in [4.78, 5) is 6.53. The van der Waals surface area contributed by atoms with Crippen molar-refractivity contribution >= 4 is 28.0 Å². The number of fused-ring (bicyclic) bond motifs is 3. The minimum absolute atomic E-state index is 0.545. The molecule has 0 fully saturated rings. The predicted octanol–water partition coefficient (Wildman–Crippen LogP) is 1.65. The van der Waals surface area contributed by atoms with Crippen molar-refractivity contribution in [3.8, 4) is 0 Å². The van der Waals surface area contributed by atoms with Crippen LogP contribution in [0.15, 0.2) is 22.6 Å². The number of benzene rings is 1. The van der Waals surface area contributed by atoms with E-state index in [0.29, 0.717) is 5.95 Å². The first kappa shape index (κ1) is 13.9. The van der Waals surface area contributed by atoms with Crippen molar-refractivity contribution in [1.29, 1.82) is 0 Å². The number of imidazole rings is 1. The zero-order chi connectivity index (χ0) is 15.0. The molecule has 2 heterocycles. The van der Waals surface area contributed by atoms with E-state index in [-0.39, 0.29) is 0 Å². The van der Waals surface area contributed by atoms with Gasteiger partial charge in [0, 0.05) is 18.5 Å². The van der Waals surface area contributed by atoms with Crippen LogP contribution >= 0.6 is 0 Å². The number of nitrogens with one attached hydrogen (secondary N) is 1. The summed E-state index contributed by atoms with van der Waals surface area (Å²) in [6.07, 6.45) is 0. The van der Waals surface area contributed by atoms with Crippen LogP contribution in [0.5, 0.6) is 0 Å². The fraction of sp³-hybridized carbons (Fsp3) is 0.400. The van der Waals surface area contributed by atoms with Gasteiger partial charge in [-0.1, -0.05) is 0 Å². The molecule has 0 spiro atoms. The van der Waals surface area contributed by atoms with Gasteiger partial charge in [0.2, 0.25) is 5.95 Å². The largest absolute Gasteiger partial charge is 0.460 e. The van der Waals surface area contributed by atoms with E-state index in [4.69, 9.17) is 10.2 Å². The molecule has 0 bridgehead atoms. The van der Waals surface area contributed by atoms with Gasteiger partial charge in [0.05, 0.1) is 17.6 Å². The molecule has 21 heavy (non-hydrogen) atoms. The molecule has 0 saturated carbocycles. The summed E-state index contributed by atoms with van der Waals surface area (Å²) >= 11 is 0. The van der Waals surface area contributed by atoms with Crippen LogP contribution in [0.1, 0.15) is 5.76 Å². The third-order valence-electron chi connectivity index (χ3n) is 3.54. The molecule has 2 aromatic heterocycles. The van der Waals surface area contributed by atoms with Crippen LogP contribution in [-0.2, 0) is 13.1 Å². The number of hydrogen-bond donors (Lipinski definition) is 2. The van der Waals surface area contributed by atoms with Crippen LogP contribution in [0.2, 0.25) is 0 Å². The van der Waals surface area contributed by atoms with Gasteiger partial charge in [0.25, 0.3) is 0 Å². The highest BCUT2D eigenvalue weighted by molar-refractivity contribution is 6.03. The van der Waals surface area contributed by atoms with Gasteiger partial charge in [0.1, 0.15) is 11.3 Å². The Morgan fingerprint density at radius 3 is 2.90 bits per heavy atom. The van der Waals surface area contributed by atoms with Gasteiger partial charge < -0.3 is 24.9 Å². The first-order valence-corrected chi connectivity index (χ1v) is 7.06. The number of aromatic nitrogens is 2. The van der Waals surface area contributed by atoms with Gasteiger partial charge in [-0.3, -0.25) is 0 Å². The lowest BCUT2D eigenvalue weighted by Gasteiger charge is -2.06. The monoisotopic (exact) mass is 287 g/mol. The highest BCUT2D eigenvalue weighted by Gasteiger charge is 2.14. The molecule has 0 unspecified atom stereocenters. The second kappa shape index (κ2) is 5.38. The second-order valence-electron chi connectivity index (χ2n) is 5.52. The number of nitrogen functional groups attached to an aromatic ring is 1. The molecular formula is C15H21N5O. The molecule has 112 valence electrons. The molecule has 6 heteroatoms. The third-order valence-corrected chi connectivity index (χ3v) is 3.54. The van der Waals surface area contributed by atoms with Crippen molar-refractivity contribution in [3.05, 3.63) is 24.0 Å². The minimum atomic E-state index is 0.545. The summed E-state index contributed by atoms with van der Waals surface area (Å²) in [6.45, 7) is 2.40. The van der Waals surface area contributed by atoms with Crippen molar-refractivity contribution in [2.24, 2.45) is 0 Å². The number of nitrogens with two attached hydrogens (primary N) is 1. The maximum atomic E-state index is 6.06. The number of furan rings is 1. The quantitative estimate of drug-likeness (QED) is 0.746. The Bertz CT molecular complexity index is 771. The van der Waals surface area contributed by atoms with E-state index in [1.165, 1.54) is 0 Å². The van der Waals surface area contributed by atoms with Gasteiger partial charge >= 0.3 is 0 Å². The Morgan fingerprint density at radius 1 is 1.38 bits per heavy atom. The molecule has 0 aliphatic rings. The van der Waals surface area contributed by atoms with Gasteiger partial charge in [-0.2, -0.15) is 0 Å². The summed E-state index contributed by atoms with van der Waals surface area (Å²) in [5.41, 5.74) is 8.90. The Hall–Kier alpha value is -2.05. The molecule has 6 nitrogen and oxygen atoms in total. The lowest BCUT2D eigenvalue weighted by molar-refractivity contribution is 0.358. The Labute approximate surface area is 123 Å². The molecule has 0 aliphatic carbocycles. The minimum Gasteiger partial charge on any atom is -0.460 e. The molecule has 0 aliphatic heterocycles. The Balaban J connectivity index is 2.18. The smallest absolute Gasteiger partial charge is 0.201 e. The zero-order valence-electron chi connectivity index (χ0n) is 12.7. The summed E-state index contributed by atoms with van der Waals surface area (Å²) in [7, 11) is 5.98. The number of rotatable bonds is 5. The lowest BCUT2D eigenvalue weighted by Crippen LogP contribution is -2.16. The maximum Gasteiger partial charge on any atom is 0.201 e. The van der Waals surface area contributed by atoms with E-state index in [1.807, 2.05) is 37.8 Å². The maximum absolute atomic E-state index is 6.06. The predicted molar refractivity (Wildman–Crippen MR) is 85.2 cm³/mol. The fourth-order valence-electron chi connectivity index (χ4n) is 2.65. The molecular weight excluding hydrogens is 266 g/mol. The van der Waals surface area contributed by atoms with Gasteiger partial charge in [0.15, 0.2) is 0 Å². The highest BCUT2D eigenvalue weighted by atomic mass is 16.3. The molecule has 3 aromatic rings. The summed E-state index contributed by atoms with van der Waals surface area (Å²) < 4.78 is 7.96. The number of hydrogen-bond acceptors (Lipinski definition) is 5. The van der Waals surface area contributed by atoms with Crippen LogP contribution in [0.25, 0.3) is 22.0 Å². The van der Waals surface area contributed by atoms with Crippen molar-refractivity contribution in [1.82, 2.24) is 19.8 Å². The molecule has 3 N–H and O–H groups in total. The molecule has 0 atom stereocenters. The van der Waals surface area contributed by atoms with E-state index in [0.717, 1.165) is 47.4 Å². The van der Waals surface area contributed by atoms with Crippen LogP contribution in [0, 0.1) is 0 Å². The number of likely N-dealkylation sites (N-methyl/N-ethyl adjacent to an activating group) is 1. The Morgan fingerprint density at radius 2 is 2.19 bits per heavy atom. The zero-order valence-corrected chi connectivity index (χ0v) is 12.7. The van der Waals surface area contributed by atoms with Crippen molar-refractivity contribution in [3.63, 3.8) is 0 Å². The van der Waals surface area contributed by atoms with Crippen LogP contribution in [0.4, 0.5) is 5.95 Å². The second-order valence-corrected chi connectivity index (χ2v) is 5.52. The third kappa shape index (κ3) is 2.48. The summed E-state index contributed by atoms with van der Waals surface area (Å²) in [5.74, 6) is 1.49.